The first kappa shape index (κ1) is 21.7. The standard InChI is InChI=1S/C20H23BrN6O3/c1-4-26(5-2)12-16-9-10-17(30-16)19(28)23-24-20(29)18-13(3)27(25-22-18)15-8-6-7-14(21)11-15/h6-11H,4-5,12H2,1-3H3,(H,23,28)(H,24,29). The molecule has 30 heavy (non-hydrogen) atoms. The molecule has 9 nitrogen and oxygen atoms in total. The van der Waals surface area contributed by atoms with E-state index >= 15 is 0 Å². The maximum absolute atomic E-state index is 12.5. The second-order valence-corrected chi connectivity index (χ2v) is 7.47. The Labute approximate surface area is 182 Å². The van der Waals surface area contributed by atoms with E-state index in [2.05, 4.69) is 55.8 Å². The predicted octanol–water partition coefficient (Wildman–Crippen LogP) is 2.85. The quantitative estimate of drug-likeness (QED) is 0.510. The summed E-state index contributed by atoms with van der Waals surface area (Å²) in [5, 5.41) is 7.96. The van der Waals surface area contributed by atoms with Gasteiger partial charge >= 0.3 is 5.91 Å². The van der Waals surface area contributed by atoms with Gasteiger partial charge in [0, 0.05) is 4.47 Å². The molecule has 2 amide bonds. The Balaban J connectivity index is 1.62. The van der Waals surface area contributed by atoms with E-state index in [0.29, 0.717) is 18.0 Å². The van der Waals surface area contributed by atoms with Crippen LogP contribution < -0.4 is 10.9 Å². The Kier molecular flexibility index (Phi) is 7.01. The molecule has 0 saturated heterocycles. The Bertz CT molecular complexity index is 1040. The molecule has 0 saturated carbocycles. The summed E-state index contributed by atoms with van der Waals surface area (Å²) in [6, 6.07) is 10.8. The van der Waals surface area contributed by atoms with Crippen molar-refractivity contribution in [3.8, 4) is 5.69 Å². The van der Waals surface area contributed by atoms with Crippen LogP contribution in [0, 0.1) is 6.92 Å². The van der Waals surface area contributed by atoms with E-state index in [-0.39, 0.29) is 11.5 Å². The number of hydrogen-bond donors (Lipinski definition) is 2. The molecule has 3 aromatic rings. The summed E-state index contributed by atoms with van der Waals surface area (Å²) in [4.78, 5) is 26.9. The molecule has 0 bridgehead atoms. The Morgan fingerprint density at radius 3 is 2.57 bits per heavy atom. The molecule has 2 aromatic heterocycles. The number of carbonyl (C=O) groups is 2. The zero-order chi connectivity index (χ0) is 21.7. The molecule has 3 rings (SSSR count). The SMILES string of the molecule is CCN(CC)Cc1ccc(C(=O)NNC(=O)c2nnn(-c3cccc(Br)c3)c2C)o1. The van der Waals surface area contributed by atoms with Crippen LogP contribution >= 0.6 is 15.9 Å². The topological polar surface area (TPSA) is 105 Å². The number of hydrogen-bond acceptors (Lipinski definition) is 6. The molecule has 1 aromatic carbocycles. The van der Waals surface area contributed by atoms with Crippen LogP contribution in [0.15, 0.2) is 45.3 Å². The number of nitrogens with one attached hydrogen (secondary N) is 2. The molecular formula is C20H23BrN6O3. The fraction of sp³-hybridized carbons (Fsp3) is 0.300. The smallest absolute Gasteiger partial charge is 0.305 e. The molecule has 0 atom stereocenters. The van der Waals surface area contributed by atoms with Crippen LogP contribution in [0.2, 0.25) is 0 Å². The van der Waals surface area contributed by atoms with E-state index in [9.17, 15) is 9.59 Å². The van der Waals surface area contributed by atoms with E-state index in [1.165, 1.54) is 0 Å². The number of benzene rings is 1. The third-order valence-corrected chi connectivity index (χ3v) is 5.10. The Hall–Kier alpha value is -2.98. The zero-order valence-corrected chi connectivity index (χ0v) is 18.6. The van der Waals surface area contributed by atoms with Gasteiger partial charge in [-0.1, -0.05) is 41.1 Å². The van der Waals surface area contributed by atoms with Crippen molar-refractivity contribution in [3.63, 3.8) is 0 Å². The number of nitrogens with zero attached hydrogens (tertiary/aromatic N) is 4. The fourth-order valence-corrected chi connectivity index (χ4v) is 3.27. The van der Waals surface area contributed by atoms with Crippen LogP contribution in [0.25, 0.3) is 5.69 Å². The highest BCUT2D eigenvalue weighted by atomic mass is 79.9. The first-order valence-electron chi connectivity index (χ1n) is 9.52. The number of furan rings is 1. The van der Waals surface area contributed by atoms with E-state index in [4.69, 9.17) is 4.42 Å². The highest BCUT2D eigenvalue weighted by Gasteiger charge is 2.19. The number of amides is 2. The summed E-state index contributed by atoms with van der Waals surface area (Å²) in [6.07, 6.45) is 0. The minimum Gasteiger partial charge on any atom is -0.454 e. The summed E-state index contributed by atoms with van der Waals surface area (Å²) in [5.41, 5.74) is 6.11. The molecule has 0 aliphatic rings. The van der Waals surface area contributed by atoms with Gasteiger partial charge in [-0.25, -0.2) is 4.68 Å². The van der Waals surface area contributed by atoms with Crippen molar-refractivity contribution in [2.24, 2.45) is 0 Å². The lowest BCUT2D eigenvalue weighted by Gasteiger charge is -2.15. The summed E-state index contributed by atoms with van der Waals surface area (Å²) in [6.45, 7) is 8.23. The van der Waals surface area contributed by atoms with Crippen LogP contribution in [0.5, 0.6) is 0 Å². The predicted molar refractivity (Wildman–Crippen MR) is 114 cm³/mol. The Morgan fingerprint density at radius 2 is 1.87 bits per heavy atom. The average molecular weight is 475 g/mol. The van der Waals surface area contributed by atoms with Crippen LogP contribution in [-0.2, 0) is 6.54 Å². The van der Waals surface area contributed by atoms with Crippen molar-refractivity contribution in [2.75, 3.05) is 13.1 Å². The van der Waals surface area contributed by atoms with Gasteiger partial charge in [-0.05, 0) is 50.3 Å². The molecule has 2 heterocycles. The van der Waals surface area contributed by atoms with E-state index in [1.807, 2.05) is 24.3 Å². The summed E-state index contributed by atoms with van der Waals surface area (Å²) >= 11 is 3.41. The normalized spacial score (nSPS) is 11.0. The highest BCUT2D eigenvalue weighted by molar-refractivity contribution is 9.10. The van der Waals surface area contributed by atoms with Gasteiger partial charge in [0.05, 0.1) is 17.9 Å². The lowest BCUT2D eigenvalue weighted by atomic mass is 10.3. The third kappa shape index (κ3) is 4.95. The second-order valence-electron chi connectivity index (χ2n) is 6.55. The molecule has 0 fully saturated rings. The van der Waals surface area contributed by atoms with Crippen molar-refractivity contribution >= 4 is 27.7 Å². The van der Waals surface area contributed by atoms with Crippen molar-refractivity contribution in [1.29, 1.82) is 0 Å². The van der Waals surface area contributed by atoms with Gasteiger partial charge in [0.2, 0.25) is 0 Å². The molecule has 0 aliphatic carbocycles. The number of hydrazine groups is 1. The number of aromatic nitrogens is 3. The van der Waals surface area contributed by atoms with Crippen LogP contribution in [0.1, 0.15) is 46.3 Å². The van der Waals surface area contributed by atoms with Crippen LogP contribution in [0.4, 0.5) is 0 Å². The molecule has 158 valence electrons. The van der Waals surface area contributed by atoms with Crippen molar-refractivity contribution < 1.29 is 14.0 Å². The van der Waals surface area contributed by atoms with Gasteiger partial charge in [-0.2, -0.15) is 0 Å². The van der Waals surface area contributed by atoms with Gasteiger partial charge in [-0.3, -0.25) is 25.3 Å². The highest BCUT2D eigenvalue weighted by Crippen LogP contribution is 2.17. The fourth-order valence-electron chi connectivity index (χ4n) is 2.88. The van der Waals surface area contributed by atoms with Gasteiger partial charge < -0.3 is 4.42 Å². The summed E-state index contributed by atoms with van der Waals surface area (Å²) in [7, 11) is 0. The van der Waals surface area contributed by atoms with Gasteiger partial charge in [0.1, 0.15) is 5.76 Å². The van der Waals surface area contributed by atoms with Crippen molar-refractivity contribution in [3.05, 3.63) is 63.8 Å². The van der Waals surface area contributed by atoms with E-state index in [1.54, 1.807) is 23.7 Å². The zero-order valence-electron chi connectivity index (χ0n) is 17.0. The van der Waals surface area contributed by atoms with Gasteiger partial charge in [-0.15, -0.1) is 5.10 Å². The summed E-state index contributed by atoms with van der Waals surface area (Å²) in [5.74, 6) is -0.321. The van der Waals surface area contributed by atoms with Gasteiger partial charge in [0.15, 0.2) is 11.5 Å². The maximum Gasteiger partial charge on any atom is 0.305 e. The van der Waals surface area contributed by atoms with Crippen LogP contribution in [-0.4, -0.2) is 44.8 Å². The molecular weight excluding hydrogens is 452 g/mol. The molecule has 0 aliphatic heterocycles. The number of carbonyl (C=O) groups excluding carboxylic acids is 2. The van der Waals surface area contributed by atoms with Crippen molar-refractivity contribution in [2.45, 2.75) is 27.3 Å². The number of rotatable bonds is 7. The lowest BCUT2D eigenvalue weighted by Crippen LogP contribution is -2.42. The first-order chi connectivity index (χ1) is 14.4. The first-order valence-corrected chi connectivity index (χ1v) is 10.3. The van der Waals surface area contributed by atoms with E-state index < -0.39 is 11.8 Å². The average Bonchev–Trinajstić information content (AvgIpc) is 3.36. The van der Waals surface area contributed by atoms with E-state index in [0.717, 1.165) is 23.2 Å². The van der Waals surface area contributed by atoms with Crippen LogP contribution in [0.3, 0.4) is 0 Å². The maximum atomic E-state index is 12.5. The van der Waals surface area contributed by atoms with Crippen molar-refractivity contribution in [1.82, 2.24) is 30.7 Å². The molecule has 0 unspecified atom stereocenters. The number of halogens is 1. The minimum atomic E-state index is -0.572. The van der Waals surface area contributed by atoms with Gasteiger partial charge in [0.25, 0.3) is 5.91 Å². The minimum absolute atomic E-state index is 0.108. The lowest BCUT2D eigenvalue weighted by molar-refractivity contribution is 0.0826. The molecule has 0 radical (unpaired) electrons. The second kappa shape index (κ2) is 9.68. The largest absolute Gasteiger partial charge is 0.454 e. The monoisotopic (exact) mass is 474 g/mol. The molecule has 10 heteroatoms. The molecule has 0 spiro atoms. The Morgan fingerprint density at radius 1 is 1.13 bits per heavy atom. The summed E-state index contributed by atoms with van der Waals surface area (Å²) < 4.78 is 8.00. The molecule has 2 N–H and O–H groups in total. The third-order valence-electron chi connectivity index (χ3n) is 4.61.